The smallest absolute Gasteiger partial charge is 0.410 e. The SMILES string of the molecule is CB(O)N1CCC(ON2C(=O)c3ccccc3C2=O)CC1.CC(C)(C)OC(=O)N1CCC(O)CC1.CC(C)(C)OC(=O)N1CCC(ON)CC1. The number of likely N-dealkylation sites (tertiary alicyclic amines) is 2. The number of fused-ring (bicyclic) bond motifs is 1. The van der Waals surface area contributed by atoms with E-state index in [0.717, 1.165) is 17.9 Å². The summed E-state index contributed by atoms with van der Waals surface area (Å²) >= 11 is 0. The minimum Gasteiger partial charge on any atom is -0.444 e. The lowest BCUT2D eigenvalue weighted by atomic mass is 9.82. The fourth-order valence-electron chi connectivity index (χ4n) is 5.64. The summed E-state index contributed by atoms with van der Waals surface area (Å²) < 4.78 is 10.5. The summed E-state index contributed by atoms with van der Waals surface area (Å²) in [7, 11) is -0.481. The average Bonchev–Trinajstić information content (AvgIpc) is 3.29. The first-order valence-electron chi connectivity index (χ1n) is 17.4. The van der Waals surface area contributed by atoms with Crippen LogP contribution >= 0.6 is 0 Å². The van der Waals surface area contributed by atoms with Gasteiger partial charge in [-0.3, -0.25) is 14.4 Å². The Kier molecular flexibility index (Phi) is 15.0. The van der Waals surface area contributed by atoms with E-state index < -0.39 is 30.1 Å². The highest BCUT2D eigenvalue weighted by Crippen LogP contribution is 2.26. The molecule has 50 heavy (non-hydrogen) atoms. The number of amides is 4. The van der Waals surface area contributed by atoms with Gasteiger partial charge in [0.25, 0.3) is 11.8 Å². The molecule has 0 radical (unpaired) electrons. The third-order valence-corrected chi connectivity index (χ3v) is 8.42. The van der Waals surface area contributed by atoms with Gasteiger partial charge in [-0.15, -0.1) is 5.06 Å². The van der Waals surface area contributed by atoms with Crippen molar-refractivity contribution in [2.45, 2.75) is 116 Å². The van der Waals surface area contributed by atoms with Crippen molar-refractivity contribution < 1.29 is 48.5 Å². The molecule has 0 spiro atoms. The minimum atomic E-state index is -0.481. The van der Waals surface area contributed by atoms with E-state index in [1.165, 1.54) is 0 Å². The summed E-state index contributed by atoms with van der Waals surface area (Å²) in [5, 5.41) is 19.7. The van der Waals surface area contributed by atoms with Crippen LogP contribution in [0.1, 0.15) is 101 Å². The molecule has 4 heterocycles. The molecule has 0 atom stereocenters. The summed E-state index contributed by atoms with van der Waals surface area (Å²) in [4.78, 5) is 63.2. The molecule has 4 aliphatic rings. The first-order valence-corrected chi connectivity index (χ1v) is 17.4. The van der Waals surface area contributed by atoms with Crippen LogP contribution in [0.4, 0.5) is 9.59 Å². The maximum absolute atomic E-state index is 12.2. The molecule has 1 aromatic carbocycles. The summed E-state index contributed by atoms with van der Waals surface area (Å²) in [6, 6.07) is 6.73. The molecule has 0 bridgehead atoms. The number of imide groups is 1. The van der Waals surface area contributed by atoms with Crippen LogP contribution in [-0.2, 0) is 19.1 Å². The first kappa shape index (κ1) is 41.1. The maximum Gasteiger partial charge on any atom is 0.410 e. The quantitative estimate of drug-likeness (QED) is 0.236. The normalized spacial score (nSPS) is 19.6. The number of carbonyl (C=O) groups is 4. The van der Waals surface area contributed by atoms with Gasteiger partial charge in [0.2, 0.25) is 0 Å². The molecular formula is C34H56BN5O10. The number of piperidine rings is 3. The van der Waals surface area contributed by atoms with Crippen molar-refractivity contribution in [1.82, 2.24) is 19.7 Å². The van der Waals surface area contributed by atoms with Crippen LogP contribution in [0.5, 0.6) is 0 Å². The van der Waals surface area contributed by atoms with Gasteiger partial charge in [-0.25, -0.2) is 15.5 Å². The second kappa shape index (κ2) is 18.3. The first-order chi connectivity index (χ1) is 23.4. The van der Waals surface area contributed by atoms with Crippen molar-refractivity contribution in [3.05, 3.63) is 35.4 Å². The lowest BCUT2D eigenvalue weighted by Gasteiger charge is -2.33. The van der Waals surface area contributed by atoms with Crippen LogP contribution in [0.3, 0.4) is 0 Å². The van der Waals surface area contributed by atoms with E-state index in [2.05, 4.69) is 0 Å². The molecule has 0 saturated carbocycles. The van der Waals surface area contributed by atoms with Crippen molar-refractivity contribution in [2.24, 2.45) is 5.90 Å². The Balaban J connectivity index is 0.000000209. The van der Waals surface area contributed by atoms with Crippen LogP contribution in [-0.4, -0.2) is 130 Å². The number of rotatable bonds is 4. The highest BCUT2D eigenvalue weighted by molar-refractivity contribution is 6.45. The number of aliphatic hydroxyl groups excluding tert-OH is 1. The molecule has 3 fully saturated rings. The number of nitrogens with zero attached hydrogens (tertiary/aromatic N) is 4. The lowest BCUT2D eigenvalue weighted by molar-refractivity contribution is -0.142. The topological polar surface area (TPSA) is 185 Å². The summed E-state index contributed by atoms with van der Waals surface area (Å²) in [5.74, 6) is 4.30. The largest absolute Gasteiger partial charge is 0.444 e. The predicted molar refractivity (Wildman–Crippen MR) is 186 cm³/mol. The number of benzene rings is 1. The molecule has 0 unspecified atom stereocenters. The van der Waals surface area contributed by atoms with Crippen molar-refractivity contribution in [2.75, 3.05) is 39.3 Å². The second-order valence-electron chi connectivity index (χ2n) is 14.9. The molecule has 1 aromatic rings. The van der Waals surface area contributed by atoms with E-state index >= 15 is 0 Å². The zero-order valence-corrected chi connectivity index (χ0v) is 30.6. The van der Waals surface area contributed by atoms with Gasteiger partial charge in [-0.05, 0) is 112 Å². The van der Waals surface area contributed by atoms with Crippen molar-refractivity contribution in [3.63, 3.8) is 0 Å². The Morgan fingerprint density at radius 2 is 1.14 bits per heavy atom. The molecule has 0 aromatic heterocycles. The van der Waals surface area contributed by atoms with Crippen LogP contribution in [0.25, 0.3) is 0 Å². The highest BCUT2D eigenvalue weighted by atomic mass is 16.7. The highest BCUT2D eigenvalue weighted by Gasteiger charge is 2.39. The van der Waals surface area contributed by atoms with Crippen LogP contribution in [0.15, 0.2) is 24.3 Å². The predicted octanol–water partition coefficient (Wildman–Crippen LogP) is 3.44. The van der Waals surface area contributed by atoms with Crippen molar-refractivity contribution >= 4 is 31.1 Å². The van der Waals surface area contributed by atoms with E-state index in [1.54, 1.807) is 40.9 Å². The van der Waals surface area contributed by atoms with Gasteiger partial charge < -0.3 is 39.1 Å². The standard InChI is InChI=1S/C14H17BN2O4.C10H20N2O3.C10H19NO3/c1-15(20)16-8-6-10(7-9-16)21-17-13(18)11-4-2-3-5-12(11)14(17)19;1-10(2,3)14-9(13)12-6-4-8(15-11)5-7-12;1-10(2,3)14-9(13)11-6-4-8(12)5-7-11/h2-5,10,20H,6-9H2,1H3;8H,4-7,11H2,1-3H3;8,12H,4-7H2,1-3H3. The molecule has 3 saturated heterocycles. The number of carbonyl (C=O) groups excluding carboxylic acids is 4. The number of hydrogen-bond acceptors (Lipinski definition) is 12. The Morgan fingerprint density at radius 1 is 0.740 bits per heavy atom. The second-order valence-corrected chi connectivity index (χ2v) is 14.9. The monoisotopic (exact) mass is 705 g/mol. The molecular weight excluding hydrogens is 649 g/mol. The Morgan fingerprint density at radius 3 is 1.52 bits per heavy atom. The van der Waals surface area contributed by atoms with Gasteiger partial charge in [0.15, 0.2) is 0 Å². The number of nitrogens with two attached hydrogens (primary N) is 1. The number of aliphatic hydroxyl groups is 1. The average molecular weight is 706 g/mol. The molecule has 0 aliphatic carbocycles. The van der Waals surface area contributed by atoms with Crippen LogP contribution < -0.4 is 5.90 Å². The maximum atomic E-state index is 12.2. The third-order valence-electron chi connectivity index (χ3n) is 8.42. The van der Waals surface area contributed by atoms with Crippen LogP contribution in [0, 0.1) is 0 Å². The number of hydroxylamine groups is 2. The Hall–Kier alpha value is -3.28. The summed E-state index contributed by atoms with van der Waals surface area (Å²) in [5.41, 5.74) is -0.0846. The van der Waals surface area contributed by atoms with Crippen LogP contribution in [0.2, 0.25) is 6.82 Å². The lowest BCUT2D eigenvalue weighted by Crippen LogP contribution is -2.46. The van der Waals surface area contributed by atoms with Gasteiger partial charge in [-0.1, -0.05) is 12.1 Å². The Bertz CT molecular complexity index is 1240. The molecule has 5 rings (SSSR count). The van der Waals surface area contributed by atoms with Gasteiger partial charge in [0.05, 0.1) is 29.4 Å². The third kappa shape index (κ3) is 12.8. The van der Waals surface area contributed by atoms with Gasteiger partial charge >= 0.3 is 19.2 Å². The minimum absolute atomic E-state index is 0.0729. The van der Waals surface area contributed by atoms with E-state index in [9.17, 15) is 29.3 Å². The van der Waals surface area contributed by atoms with Gasteiger partial charge in [-0.2, -0.15) is 0 Å². The van der Waals surface area contributed by atoms with E-state index in [-0.39, 0.29) is 30.5 Å². The molecule has 280 valence electrons. The zero-order valence-electron chi connectivity index (χ0n) is 30.6. The summed E-state index contributed by atoms with van der Waals surface area (Å²) in [6.07, 6.45) is 3.32. The molecule has 4 N–H and O–H groups in total. The fourth-order valence-corrected chi connectivity index (χ4v) is 5.64. The van der Waals surface area contributed by atoms with E-state index in [4.69, 9.17) is 25.0 Å². The van der Waals surface area contributed by atoms with Crippen molar-refractivity contribution in [1.29, 1.82) is 0 Å². The summed E-state index contributed by atoms with van der Waals surface area (Å²) in [6.45, 7) is 16.7. The number of ether oxygens (including phenoxy) is 2. The van der Waals surface area contributed by atoms with Gasteiger partial charge in [0.1, 0.15) is 11.2 Å². The van der Waals surface area contributed by atoms with E-state index in [0.29, 0.717) is 76.1 Å². The number of hydrogen-bond donors (Lipinski definition) is 3. The molecule has 4 amide bonds. The molecule has 15 nitrogen and oxygen atoms in total. The molecule has 4 aliphatic heterocycles. The van der Waals surface area contributed by atoms with Gasteiger partial charge in [0, 0.05) is 26.2 Å². The fraction of sp³-hybridized carbons (Fsp3) is 0.706. The Labute approximate surface area is 295 Å². The van der Waals surface area contributed by atoms with E-state index in [1.807, 2.05) is 46.4 Å². The molecule has 16 heteroatoms. The van der Waals surface area contributed by atoms with Crippen molar-refractivity contribution in [3.8, 4) is 0 Å². The zero-order chi connectivity index (χ0) is 37.2.